The van der Waals surface area contributed by atoms with Crippen LogP contribution in [0.2, 0.25) is 0 Å². The van der Waals surface area contributed by atoms with Gasteiger partial charge in [0.05, 0.1) is 0 Å². The summed E-state index contributed by atoms with van der Waals surface area (Å²) in [5.41, 5.74) is 0.335. The molecule has 0 bridgehead atoms. The second kappa shape index (κ2) is 6.25. The van der Waals surface area contributed by atoms with E-state index < -0.39 is 0 Å². The molecule has 0 unspecified atom stereocenters. The first kappa shape index (κ1) is 15.8. The van der Waals surface area contributed by atoms with Crippen molar-refractivity contribution in [3.63, 3.8) is 0 Å². The molecule has 0 spiro atoms. The number of carbonyl (C=O) groups is 1. The maximum Gasteiger partial charge on any atom is 0.226 e. The molecule has 18 heavy (non-hydrogen) atoms. The van der Waals surface area contributed by atoms with Crippen LogP contribution in [0.25, 0.3) is 0 Å². The summed E-state index contributed by atoms with van der Waals surface area (Å²) in [7, 11) is 0. The van der Waals surface area contributed by atoms with Gasteiger partial charge in [-0.1, -0.05) is 20.3 Å². The molecular weight excluding hydrogens is 248 g/mol. The maximum absolute atomic E-state index is 12.2. The average Bonchev–Trinajstić information content (AvgIpc) is 3.09. The molecule has 0 aromatic carbocycles. The van der Waals surface area contributed by atoms with Gasteiger partial charge in [0, 0.05) is 12.0 Å². The van der Waals surface area contributed by atoms with Gasteiger partial charge in [0.15, 0.2) is 0 Å². The summed E-state index contributed by atoms with van der Waals surface area (Å²) >= 11 is 0. The number of hydrogen-bond donors (Lipinski definition) is 2. The van der Waals surface area contributed by atoms with Crippen molar-refractivity contribution in [2.24, 2.45) is 10.8 Å². The molecule has 106 valence electrons. The van der Waals surface area contributed by atoms with Crippen molar-refractivity contribution >= 4 is 18.3 Å². The Bertz CT molecular complexity index is 284. The van der Waals surface area contributed by atoms with Crippen molar-refractivity contribution in [1.82, 2.24) is 10.6 Å². The Balaban J connectivity index is 0.00000162. The van der Waals surface area contributed by atoms with Crippen LogP contribution in [0.3, 0.4) is 0 Å². The monoisotopic (exact) mass is 274 g/mol. The predicted molar refractivity (Wildman–Crippen MR) is 77.0 cm³/mol. The summed E-state index contributed by atoms with van der Waals surface area (Å²) in [6, 6.07) is 0. The lowest BCUT2D eigenvalue weighted by Gasteiger charge is -2.34. The highest BCUT2D eigenvalue weighted by Gasteiger charge is 2.48. The number of nitrogens with one attached hydrogen (secondary N) is 2. The van der Waals surface area contributed by atoms with Crippen LogP contribution in [-0.2, 0) is 4.79 Å². The fourth-order valence-electron chi connectivity index (χ4n) is 2.91. The van der Waals surface area contributed by atoms with Crippen molar-refractivity contribution in [3.8, 4) is 0 Å². The van der Waals surface area contributed by atoms with Crippen molar-refractivity contribution in [2.45, 2.75) is 52.4 Å². The van der Waals surface area contributed by atoms with Gasteiger partial charge in [-0.3, -0.25) is 4.79 Å². The molecule has 1 saturated carbocycles. The number of rotatable bonds is 5. The average molecular weight is 275 g/mol. The van der Waals surface area contributed by atoms with Crippen LogP contribution in [0.15, 0.2) is 0 Å². The van der Waals surface area contributed by atoms with E-state index in [0.717, 1.165) is 45.3 Å². The predicted octanol–water partition coefficient (Wildman–Crippen LogP) is 2.49. The summed E-state index contributed by atoms with van der Waals surface area (Å²) < 4.78 is 0. The molecule has 1 aliphatic heterocycles. The molecule has 0 aromatic heterocycles. The highest BCUT2D eigenvalue weighted by molar-refractivity contribution is 5.85. The largest absolute Gasteiger partial charge is 0.355 e. The molecule has 4 heteroatoms. The Labute approximate surface area is 117 Å². The van der Waals surface area contributed by atoms with Crippen LogP contribution in [0.4, 0.5) is 0 Å². The van der Waals surface area contributed by atoms with E-state index in [4.69, 9.17) is 0 Å². The molecule has 2 rings (SSSR count). The summed E-state index contributed by atoms with van der Waals surface area (Å²) in [5, 5.41) is 6.59. The van der Waals surface area contributed by atoms with Crippen molar-refractivity contribution in [1.29, 1.82) is 0 Å². The maximum atomic E-state index is 12.2. The lowest BCUT2D eigenvalue weighted by atomic mass is 9.81. The first-order valence-corrected chi connectivity index (χ1v) is 7.09. The minimum atomic E-state index is 0. The zero-order valence-electron chi connectivity index (χ0n) is 11.7. The van der Waals surface area contributed by atoms with E-state index in [1.165, 1.54) is 12.8 Å². The summed E-state index contributed by atoms with van der Waals surface area (Å²) in [6.07, 6.45) is 6.74. The first-order chi connectivity index (χ1) is 8.10. The van der Waals surface area contributed by atoms with E-state index in [-0.39, 0.29) is 17.8 Å². The lowest BCUT2D eigenvalue weighted by molar-refractivity contribution is -0.127. The molecule has 2 fully saturated rings. The molecule has 1 amide bonds. The Morgan fingerprint density at radius 2 is 1.83 bits per heavy atom. The molecule has 0 atom stereocenters. The van der Waals surface area contributed by atoms with Gasteiger partial charge in [0.2, 0.25) is 5.91 Å². The topological polar surface area (TPSA) is 41.1 Å². The zero-order valence-corrected chi connectivity index (χ0v) is 12.5. The summed E-state index contributed by atoms with van der Waals surface area (Å²) in [6.45, 7) is 7.51. The zero-order chi connectivity index (χ0) is 12.4. The van der Waals surface area contributed by atoms with Crippen LogP contribution < -0.4 is 10.6 Å². The number of halogens is 1. The minimum absolute atomic E-state index is 0. The van der Waals surface area contributed by atoms with Gasteiger partial charge >= 0.3 is 0 Å². The Morgan fingerprint density at radius 3 is 2.33 bits per heavy atom. The van der Waals surface area contributed by atoms with Crippen LogP contribution in [-0.4, -0.2) is 25.5 Å². The Hall–Kier alpha value is -0.280. The quantitative estimate of drug-likeness (QED) is 0.809. The van der Waals surface area contributed by atoms with Crippen LogP contribution >= 0.6 is 12.4 Å². The third-order valence-corrected chi connectivity index (χ3v) is 4.55. The first-order valence-electron chi connectivity index (χ1n) is 7.09. The number of carbonyl (C=O) groups excluding carboxylic acids is 1. The Morgan fingerprint density at radius 1 is 1.22 bits per heavy atom. The SMILES string of the molecule is CCCC1(C(=O)NCC2(C)CCNCC2)CC1.Cl. The van der Waals surface area contributed by atoms with Gasteiger partial charge in [0.25, 0.3) is 0 Å². The van der Waals surface area contributed by atoms with E-state index in [1.54, 1.807) is 0 Å². The lowest BCUT2D eigenvalue weighted by Crippen LogP contribution is -2.44. The molecular formula is C14H27ClN2O. The highest BCUT2D eigenvalue weighted by Crippen LogP contribution is 2.49. The van der Waals surface area contributed by atoms with Crippen LogP contribution in [0, 0.1) is 10.8 Å². The number of piperidine rings is 1. The van der Waals surface area contributed by atoms with Crippen molar-refractivity contribution in [3.05, 3.63) is 0 Å². The minimum Gasteiger partial charge on any atom is -0.355 e. The van der Waals surface area contributed by atoms with Crippen LogP contribution in [0.1, 0.15) is 52.4 Å². The van der Waals surface area contributed by atoms with Crippen LogP contribution in [0.5, 0.6) is 0 Å². The second-order valence-electron chi connectivity index (χ2n) is 6.27. The highest BCUT2D eigenvalue weighted by atomic mass is 35.5. The molecule has 2 aliphatic rings. The molecule has 0 aromatic rings. The molecule has 0 radical (unpaired) electrons. The van der Waals surface area contributed by atoms with Gasteiger partial charge in [-0.25, -0.2) is 0 Å². The molecule has 2 N–H and O–H groups in total. The fourth-order valence-corrected chi connectivity index (χ4v) is 2.91. The number of hydrogen-bond acceptors (Lipinski definition) is 2. The van der Waals surface area contributed by atoms with E-state index >= 15 is 0 Å². The molecule has 1 heterocycles. The third-order valence-electron chi connectivity index (χ3n) is 4.55. The van der Waals surface area contributed by atoms with Gasteiger partial charge in [-0.2, -0.15) is 0 Å². The Kier molecular flexibility index (Phi) is 5.47. The van der Waals surface area contributed by atoms with Gasteiger partial charge in [0.1, 0.15) is 0 Å². The molecule has 1 saturated heterocycles. The van der Waals surface area contributed by atoms with Crippen molar-refractivity contribution < 1.29 is 4.79 Å². The number of amides is 1. The van der Waals surface area contributed by atoms with E-state index in [0.29, 0.717) is 11.3 Å². The van der Waals surface area contributed by atoms with Gasteiger partial charge in [-0.15, -0.1) is 12.4 Å². The van der Waals surface area contributed by atoms with Gasteiger partial charge in [-0.05, 0) is 50.6 Å². The fraction of sp³-hybridized carbons (Fsp3) is 0.929. The normalized spacial score (nSPS) is 23.9. The van der Waals surface area contributed by atoms with Gasteiger partial charge < -0.3 is 10.6 Å². The standard InChI is InChI=1S/C14H26N2O.ClH/c1-3-4-14(5-6-14)12(17)16-11-13(2)7-9-15-10-8-13;/h15H,3-11H2,1-2H3,(H,16,17);1H. The molecule has 1 aliphatic carbocycles. The summed E-state index contributed by atoms with van der Waals surface area (Å²) in [4.78, 5) is 12.2. The van der Waals surface area contributed by atoms with E-state index in [9.17, 15) is 4.79 Å². The van der Waals surface area contributed by atoms with E-state index in [2.05, 4.69) is 24.5 Å². The second-order valence-corrected chi connectivity index (χ2v) is 6.27. The third kappa shape index (κ3) is 3.61. The van der Waals surface area contributed by atoms with Crippen molar-refractivity contribution in [2.75, 3.05) is 19.6 Å². The summed E-state index contributed by atoms with van der Waals surface area (Å²) in [5.74, 6) is 0.319. The smallest absolute Gasteiger partial charge is 0.226 e. The molecule has 3 nitrogen and oxygen atoms in total. The van der Waals surface area contributed by atoms with E-state index in [1.807, 2.05) is 0 Å².